The summed E-state index contributed by atoms with van der Waals surface area (Å²) in [5, 5.41) is 3.23. The van der Waals surface area contributed by atoms with Gasteiger partial charge < -0.3 is 19.5 Å². The van der Waals surface area contributed by atoms with Gasteiger partial charge in [-0.1, -0.05) is 0 Å². The number of anilines is 1. The number of nitrogens with one attached hydrogen (secondary N) is 1. The number of hydrogen-bond acceptors (Lipinski definition) is 6. The Morgan fingerprint density at radius 2 is 1.94 bits per heavy atom. The third-order valence-corrected chi connectivity index (χ3v) is 2.79. The Hall–Kier alpha value is -1.56. The van der Waals surface area contributed by atoms with Crippen LogP contribution in [0.5, 0.6) is 11.8 Å². The quantitative estimate of drug-likeness (QED) is 0.848. The van der Waals surface area contributed by atoms with Gasteiger partial charge in [0.2, 0.25) is 17.7 Å². The molecule has 2 rings (SSSR count). The first-order valence-corrected chi connectivity index (χ1v) is 5.58. The van der Waals surface area contributed by atoms with Crippen LogP contribution in [0.25, 0.3) is 0 Å². The highest BCUT2D eigenvalue weighted by Crippen LogP contribution is 2.21. The third-order valence-electron chi connectivity index (χ3n) is 2.79. The van der Waals surface area contributed by atoms with Crippen molar-refractivity contribution < 1.29 is 14.2 Å². The number of nitrogens with zero attached hydrogens (tertiary/aromatic N) is 2. The van der Waals surface area contributed by atoms with Crippen LogP contribution in [0, 0.1) is 0 Å². The lowest BCUT2D eigenvalue weighted by molar-refractivity contribution is 0.121. The maximum atomic E-state index is 5.47. The summed E-state index contributed by atoms with van der Waals surface area (Å²) in [6.07, 6.45) is 1.11. The van der Waals surface area contributed by atoms with Crippen LogP contribution in [0.15, 0.2) is 6.07 Å². The summed E-state index contributed by atoms with van der Waals surface area (Å²) in [7, 11) is 3.12. The predicted octanol–water partition coefficient (Wildman–Crippen LogP) is 1.08. The van der Waals surface area contributed by atoms with Crippen LogP contribution in [0.3, 0.4) is 0 Å². The number of hydrogen-bond donors (Lipinski definition) is 1. The highest BCUT2D eigenvalue weighted by molar-refractivity contribution is 5.35. The fourth-order valence-corrected chi connectivity index (χ4v) is 1.76. The van der Waals surface area contributed by atoms with Crippen molar-refractivity contribution in [3.63, 3.8) is 0 Å². The summed E-state index contributed by atoms with van der Waals surface area (Å²) in [5.74, 6) is 1.46. The number of ether oxygens (including phenoxy) is 3. The zero-order valence-corrected chi connectivity index (χ0v) is 10.3. The zero-order valence-electron chi connectivity index (χ0n) is 10.3. The summed E-state index contributed by atoms with van der Waals surface area (Å²) in [6, 6.07) is 1.87. The first kappa shape index (κ1) is 11.9. The Morgan fingerprint density at radius 3 is 2.41 bits per heavy atom. The summed E-state index contributed by atoms with van der Waals surface area (Å²) in [5.41, 5.74) is 0. The van der Waals surface area contributed by atoms with Crippen molar-refractivity contribution >= 4 is 5.95 Å². The van der Waals surface area contributed by atoms with E-state index in [-0.39, 0.29) is 12.1 Å². The molecule has 1 fully saturated rings. The Bertz CT molecular complexity index is 364. The molecular formula is C11H17N3O3. The molecule has 94 valence electrons. The van der Waals surface area contributed by atoms with Crippen LogP contribution in [0.2, 0.25) is 0 Å². The molecule has 2 atom stereocenters. The van der Waals surface area contributed by atoms with E-state index in [4.69, 9.17) is 14.2 Å². The number of aromatic nitrogens is 2. The van der Waals surface area contributed by atoms with Gasteiger partial charge >= 0.3 is 0 Å². The standard InChI is InChI=1S/C11H17N3O3/c1-7-8(4-5-17-7)12-11-13-9(15-2)6-10(14-11)16-3/h6-8H,4-5H2,1-3H3,(H,12,13,14). The molecule has 0 bridgehead atoms. The van der Waals surface area contributed by atoms with Crippen molar-refractivity contribution in [3.8, 4) is 11.8 Å². The maximum Gasteiger partial charge on any atom is 0.229 e. The van der Waals surface area contributed by atoms with Crippen molar-refractivity contribution in [1.82, 2.24) is 9.97 Å². The van der Waals surface area contributed by atoms with Gasteiger partial charge in [0.25, 0.3) is 0 Å². The lowest BCUT2D eigenvalue weighted by Gasteiger charge is -2.16. The van der Waals surface area contributed by atoms with Crippen molar-refractivity contribution in [2.45, 2.75) is 25.5 Å². The fourth-order valence-electron chi connectivity index (χ4n) is 1.76. The largest absolute Gasteiger partial charge is 0.481 e. The van der Waals surface area contributed by atoms with Gasteiger partial charge in [0.1, 0.15) is 0 Å². The van der Waals surface area contributed by atoms with Gasteiger partial charge in [-0.3, -0.25) is 0 Å². The molecule has 0 aromatic carbocycles. The summed E-state index contributed by atoms with van der Waals surface area (Å²) >= 11 is 0. The molecule has 1 saturated heterocycles. The highest BCUT2D eigenvalue weighted by Gasteiger charge is 2.25. The minimum atomic E-state index is 0.163. The van der Waals surface area contributed by atoms with Gasteiger partial charge in [-0.2, -0.15) is 9.97 Å². The van der Waals surface area contributed by atoms with Gasteiger partial charge in [0.05, 0.1) is 32.4 Å². The van der Waals surface area contributed by atoms with E-state index in [1.165, 1.54) is 0 Å². The monoisotopic (exact) mass is 239 g/mol. The second kappa shape index (κ2) is 5.18. The molecule has 0 amide bonds. The van der Waals surface area contributed by atoms with Gasteiger partial charge in [-0.25, -0.2) is 0 Å². The molecular weight excluding hydrogens is 222 g/mol. The van der Waals surface area contributed by atoms with Crippen LogP contribution >= 0.6 is 0 Å². The van der Waals surface area contributed by atoms with Crippen molar-refractivity contribution in [2.24, 2.45) is 0 Å². The van der Waals surface area contributed by atoms with Gasteiger partial charge in [-0.05, 0) is 13.3 Å². The lowest BCUT2D eigenvalue weighted by Crippen LogP contribution is -2.27. The predicted molar refractivity (Wildman–Crippen MR) is 62.6 cm³/mol. The smallest absolute Gasteiger partial charge is 0.229 e. The lowest BCUT2D eigenvalue weighted by atomic mass is 10.2. The second-order valence-electron chi connectivity index (χ2n) is 3.89. The molecule has 17 heavy (non-hydrogen) atoms. The van der Waals surface area contributed by atoms with E-state index in [9.17, 15) is 0 Å². The highest BCUT2D eigenvalue weighted by atomic mass is 16.5. The zero-order chi connectivity index (χ0) is 12.3. The summed E-state index contributed by atoms with van der Waals surface area (Å²) in [4.78, 5) is 8.44. The first-order valence-electron chi connectivity index (χ1n) is 5.58. The van der Waals surface area contributed by atoms with Gasteiger partial charge in [-0.15, -0.1) is 0 Å². The van der Waals surface area contributed by atoms with E-state index in [1.807, 2.05) is 6.92 Å². The Balaban J connectivity index is 2.14. The molecule has 6 heteroatoms. The van der Waals surface area contributed by atoms with Crippen molar-refractivity contribution in [2.75, 3.05) is 26.1 Å². The van der Waals surface area contributed by atoms with E-state index in [2.05, 4.69) is 15.3 Å². The van der Waals surface area contributed by atoms with Crippen LogP contribution in [-0.2, 0) is 4.74 Å². The minimum absolute atomic E-state index is 0.163. The molecule has 0 aliphatic carbocycles. The Morgan fingerprint density at radius 1 is 1.29 bits per heavy atom. The van der Waals surface area contributed by atoms with E-state index < -0.39 is 0 Å². The average Bonchev–Trinajstić information content (AvgIpc) is 2.74. The summed E-state index contributed by atoms with van der Waals surface area (Å²) in [6.45, 7) is 2.79. The Labute approximate surface area is 100 Å². The fraction of sp³-hybridized carbons (Fsp3) is 0.636. The molecule has 2 heterocycles. The SMILES string of the molecule is COc1cc(OC)nc(NC2CCOC2C)n1. The maximum absolute atomic E-state index is 5.47. The van der Waals surface area contributed by atoms with E-state index in [0.29, 0.717) is 17.7 Å². The molecule has 2 unspecified atom stereocenters. The normalized spacial score (nSPS) is 23.5. The van der Waals surface area contributed by atoms with E-state index >= 15 is 0 Å². The average molecular weight is 239 g/mol. The third kappa shape index (κ3) is 2.76. The number of methoxy groups -OCH3 is 2. The van der Waals surface area contributed by atoms with Gasteiger partial charge in [0.15, 0.2) is 0 Å². The molecule has 1 N–H and O–H groups in total. The van der Waals surface area contributed by atoms with E-state index in [0.717, 1.165) is 13.0 Å². The molecule has 0 radical (unpaired) electrons. The van der Waals surface area contributed by atoms with Crippen molar-refractivity contribution in [3.05, 3.63) is 6.07 Å². The van der Waals surface area contributed by atoms with Crippen LogP contribution in [0.4, 0.5) is 5.95 Å². The molecule has 1 aliphatic rings. The molecule has 0 saturated carbocycles. The van der Waals surface area contributed by atoms with Crippen LogP contribution in [-0.4, -0.2) is 42.9 Å². The topological polar surface area (TPSA) is 65.5 Å². The van der Waals surface area contributed by atoms with Crippen molar-refractivity contribution in [1.29, 1.82) is 0 Å². The van der Waals surface area contributed by atoms with E-state index in [1.54, 1.807) is 20.3 Å². The minimum Gasteiger partial charge on any atom is -0.481 e. The van der Waals surface area contributed by atoms with Crippen LogP contribution < -0.4 is 14.8 Å². The molecule has 1 aromatic rings. The van der Waals surface area contributed by atoms with Gasteiger partial charge in [0, 0.05) is 6.61 Å². The molecule has 1 aliphatic heterocycles. The molecule has 0 spiro atoms. The first-order chi connectivity index (χ1) is 8.22. The van der Waals surface area contributed by atoms with Crippen LogP contribution in [0.1, 0.15) is 13.3 Å². The molecule has 1 aromatic heterocycles. The summed E-state index contributed by atoms with van der Waals surface area (Å²) < 4.78 is 15.6. The molecule has 6 nitrogen and oxygen atoms in total. The number of rotatable bonds is 4. The Kier molecular flexibility index (Phi) is 3.63. The second-order valence-corrected chi connectivity index (χ2v) is 3.89.